The molecule has 0 unspecified atom stereocenters. The fraction of sp³-hybridized carbons (Fsp3) is 0.714. The minimum absolute atomic E-state index is 0.728. The maximum Gasteiger partial charge on any atom is 0.224 e. The second kappa shape index (κ2) is 9.68. The van der Waals surface area contributed by atoms with E-state index in [1.165, 1.54) is 38.5 Å². The number of aromatic nitrogens is 2. The first kappa shape index (κ1) is 14.7. The smallest absolute Gasteiger partial charge is 0.224 e. The van der Waals surface area contributed by atoms with Crippen LogP contribution in [0.1, 0.15) is 52.4 Å². The summed E-state index contributed by atoms with van der Waals surface area (Å²) in [6, 6.07) is 1.92. The maximum absolute atomic E-state index is 4.43. The Balaban J connectivity index is 2.27. The van der Waals surface area contributed by atoms with Crippen LogP contribution in [0.25, 0.3) is 0 Å². The van der Waals surface area contributed by atoms with Crippen molar-refractivity contribution in [2.45, 2.75) is 52.4 Å². The van der Waals surface area contributed by atoms with Crippen LogP contribution in [0.5, 0.6) is 0 Å². The van der Waals surface area contributed by atoms with Gasteiger partial charge in [-0.25, -0.2) is 4.98 Å². The zero-order valence-corrected chi connectivity index (χ0v) is 11.7. The number of rotatable bonds is 10. The highest BCUT2D eigenvalue weighted by molar-refractivity contribution is 5.39. The Bertz CT molecular complexity index is 287. The van der Waals surface area contributed by atoms with Crippen molar-refractivity contribution in [1.82, 2.24) is 9.97 Å². The summed E-state index contributed by atoms with van der Waals surface area (Å²) in [7, 11) is 0. The Morgan fingerprint density at radius 1 is 0.944 bits per heavy atom. The van der Waals surface area contributed by atoms with Crippen molar-refractivity contribution in [2.24, 2.45) is 0 Å². The zero-order chi connectivity index (χ0) is 13.1. The summed E-state index contributed by atoms with van der Waals surface area (Å²) >= 11 is 0. The van der Waals surface area contributed by atoms with Crippen molar-refractivity contribution in [1.29, 1.82) is 0 Å². The Labute approximate surface area is 111 Å². The number of anilines is 2. The van der Waals surface area contributed by atoms with Crippen LogP contribution in [-0.4, -0.2) is 23.1 Å². The van der Waals surface area contributed by atoms with E-state index in [-0.39, 0.29) is 0 Å². The summed E-state index contributed by atoms with van der Waals surface area (Å²) < 4.78 is 0. The molecular formula is C14H26N4. The average molecular weight is 250 g/mol. The molecule has 0 aliphatic rings. The molecule has 0 saturated heterocycles. The van der Waals surface area contributed by atoms with Crippen LogP contribution in [-0.2, 0) is 0 Å². The van der Waals surface area contributed by atoms with Crippen LogP contribution in [0, 0.1) is 0 Å². The normalized spacial score (nSPS) is 10.3. The topological polar surface area (TPSA) is 49.8 Å². The van der Waals surface area contributed by atoms with Gasteiger partial charge in [-0.3, -0.25) is 0 Å². The summed E-state index contributed by atoms with van der Waals surface area (Å²) in [5.74, 6) is 1.64. The lowest BCUT2D eigenvalue weighted by molar-refractivity contribution is 0.738. The molecule has 0 bridgehead atoms. The molecule has 2 N–H and O–H groups in total. The molecule has 0 aromatic carbocycles. The molecule has 4 nitrogen and oxygen atoms in total. The van der Waals surface area contributed by atoms with Gasteiger partial charge in [0.15, 0.2) is 0 Å². The van der Waals surface area contributed by atoms with Crippen molar-refractivity contribution in [3.63, 3.8) is 0 Å². The summed E-state index contributed by atoms with van der Waals surface area (Å²) in [4.78, 5) is 8.65. The summed E-state index contributed by atoms with van der Waals surface area (Å²) in [6.45, 7) is 6.35. The van der Waals surface area contributed by atoms with Crippen LogP contribution in [0.2, 0.25) is 0 Å². The van der Waals surface area contributed by atoms with Crippen molar-refractivity contribution in [2.75, 3.05) is 23.7 Å². The largest absolute Gasteiger partial charge is 0.370 e. The molecule has 0 spiro atoms. The Morgan fingerprint density at radius 2 is 1.61 bits per heavy atom. The van der Waals surface area contributed by atoms with Gasteiger partial charge in [-0.05, 0) is 18.9 Å². The van der Waals surface area contributed by atoms with Crippen LogP contribution in [0.4, 0.5) is 11.8 Å². The first-order valence-electron chi connectivity index (χ1n) is 7.17. The Hall–Kier alpha value is -1.32. The second-order valence-corrected chi connectivity index (χ2v) is 4.53. The van der Waals surface area contributed by atoms with Gasteiger partial charge >= 0.3 is 0 Å². The van der Waals surface area contributed by atoms with E-state index in [1.807, 2.05) is 6.07 Å². The predicted molar refractivity (Wildman–Crippen MR) is 78.1 cm³/mol. The quantitative estimate of drug-likeness (QED) is 0.622. The molecule has 1 aromatic rings. The van der Waals surface area contributed by atoms with Crippen LogP contribution >= 0.6 is 0 Å². The summed E-state index contributed by atoms with van der Waals surface area (Å²) in [5.41, 5.74) is 0. The lowest BCUT2D eigenvalue weighted by Gasteiger charge is -2.07. The van der Waals surface area contributed by atoms with Crippen molar-refractivity contribution >= 4 is 11.8 Å². The monoisotopic (exact) mass is 250 g/mol. The molecule has 0 saturated carbocycles. The van der Waals surface area contributed by atoms with Crippen LogP contribution in [0.15, 0.2) is 12.3 Å². The molecule has 0 atom stereocenters. The number of nitrogens with zero attached hydrogens (tertiary/aromatic N) is 2. The molecule has 102 valence electrons. The fourth-order valence-corrected chi connectivity index (χ4v) is 1.71. The van der Waals surface area contributed by atoms with E-state index in [4.69, 9.17) is 0 Å². The van der Waals surface area contributed by atoms with Gasteiger partial charge in [0.25, 0.3) is 0 Å². The van der Waals surface area contributed by atoms with Crippen molar-refractivity contribution < 1.29 is 0 Å². The highest BCUT2D eigenvalue weighted by atomic mass is 15.1. The molecule has 0 aliphatic heterocycles. The minimum Gasteiger partial charge on any atom is -0.370 e. The van der Waals surface area contributed by atoms with E-state index in [0.717, 1.165) is 24.9 Å². The molecule has 1 rings (SSSR count). The molecule has 4 heteroatoms. The predicted octanol–water partition coefficient (Wildman–Crippen LogP) is 3.68. The molecule has 0 aliphatic carbocycles. The second-order valence-electron chi connectivity index (χ2n) is 4.53. The number of hydrogen-bond acceptors (Lipinski definition) is 4. The van der Waals surface area contributed by atoms with Gasteiger partial charge in [0, 0.05) is 19.3 Å². The van der Waals surface area contributed by atoms with Gasteiger partial charge in [0.05, 0.1) is 0 Å². The summed E-state index contributed by atoms with van der Waals surface area (Å²) in [6.07, 6.45) is 9.17. The van der Waals surface area contributed by atoms with Gasteiger partial charge in [-0.1, -0.05) is 39.5 Å². The van der Waals surface area contributed by atoms with Crippen LogP contribution in [0.3, 0.4) is 0 Å². The minimum atomic E-state index is 0.728. The number of unbranched alkanes of at least 4 members (excludes halogenated alkanes) is 4. The van der Waals surface area contributed by atoms with Gasteiger partial charge in [-0.15, -0.1) is 0 Å². The first-order chi connectivity index (χ1) is 8.86. The van der Waals surface area contributed by atoms with E-state index in [9.17, 15) is 0 Å². The highest BCUT2D eigenvalue weighted by Gasteiger charge is 1.98. The van der Waals surface area contributed by atoms with Gasteiger partial charge in [-0.2, -0.15) is 4.98 Å². The van der Waals surface area contributed by atoms with Gasteiger partial charge in [0.1, 0.15) is 5.82 Å². The highest BCUT2D eigenvalue weighted by Crippen LogP contribution is 2.06. The first-order valence-corrected chi connectivity index (χ1v) is 7.17. The number of nitrogens with one attached hydrogen (secondary N) is 2. The zero-order valence-electron chi connectivity index (χ0n) is 11.7. The maximum atomic E-state index is 4.43. The van der Waals surface area contributed by atoms with Gasteiger partial charge in [0.2, 0.25) is 5.95 Å². The molecule has 18 heavy (non-hydrogen) atoms. The SMILES string of the molecule is CCCCCNc1ccnc(NCCCCC)n1. The molecule has 0 fully saturated rings. The third kappa shape index (κ3) is 6.42. The van der Waals surface area contributed by atoms with E-state index in [2.05, 4.69) is 34.4 Å². The van der Waals surface area contributed by atoms with Crippen molar-refractivity contribution in [3.8, 4) is 0 Å². The Morgan fingerprint density at radius 3 is 2.28 bits per heavy atom. The average Bonchev–Trinajstić information content (AvgIpc) is 2.40. The summed E-state index contributed by atoms with van der Waals surface area (Å²) in [5, 5.41) is 6.59. The third-order valence-corrected chi connectivity index (χ3v) is 2.81. The third-order valence-electron chi connectivity index (χ3n) is 2.81. The van der Waals surface area contributed by atoms with Crippen molar-refractivity contribution in [3.05, 3.63) is 12.3 Å². The van der Waals surface area contributed by atoms with E-state index >= 15 is 0 Å². The lowest BCUT2D eigenvalue weighted by atomic mass is 10.2. The van der Waals surface area contributed by atoms with E-state index in [1.54, 1.807) is 6.20 Å². The van der Waals surface area contributed by atoms with Gasteiger partial charge < -0.3 is 10.6 Å². The molecule has 1 heterocycles. The molecule has 0 radical (unpaired) electrons. The fourth-order valence-electron chi connectivity index (χ4n) is 1.71. The van der Waals surface area contributed by atoms with Crippen LogP contribution < -0.4 is 10.6 Å². The standard InChI is InChI=1S/C14H26N4/c1-3-5-7-10-15-13-9-12-17-14(18-13)16-11-8-6-4-2/h9,12H,3-8,10-11H2,1-2H3,(H2,15,16,17,18). The van der Waals surface area contributed by atoms with E-state index < -0.39 is 0 Å². The molecular weight excluding hydrogens is 224 g/mol. The molecule has 0 amide bonds. The number of hydrogen-bond donors (Lipinski definition) is 2. The Kier molecular flexibility index (Phi) is 7.93. The lowest BCUT2D eigenvalue weighted by Crippen LogP contribution is -2.08. The van der Waals surface area contributed by atoms with E-state index in [0.29, 0.717) is 0 Å². The molecule has 1 aromatic heterocycles.